The number of nitrogens with two attached hydrogens (primary N) is 1. The van der Waals surface area contributed by atoms with Crippen LogP contribution >= 0.6 is 0 Å². The Kier molecular flexibility index (Phi) is 2.78. The number of nitrogens with one attached hydrogen (secondary N) is 1. The summed E-state index contributed by atoms with van der Waals surface area (Å²) in [6.07, 6.45) is 1.69. The number of halogens is 1. The molecule has 17 heavy (non-hydrogen) atoms. The molecule has 0 aliphatic carbocycles. The zero-order valence-corrected chi connectivity index (χ0v) is 9.14. The zero-order valence-electron chi connectivity index (χ0n) is 9.14. The first kappa shape index (κ1) is 11.1. The van der Waals surface area contributed by atoms with E-state index in [-0.39, 0.29) is 11.3 Å². The molecule has 2 aromatic rings. The summed E-state index contributed by atoms with van der Waals surface area (Å²) in [6, 6.07) is 5.31. The van der Waals surface area contributed by atoms with E-state index in [1.165, 1.54) is 6.07 Å². The Morgan fingerprint density at radius 1 is 1.47 bits per heavy atom. The molecule has 0 saturated heterocycles. The minimum Gasteiger partial charge on any atom is -0.399 e. The number of aromatic nitrogens is 2. The van der Waals surface area contributed by atoms with Gasteiger partial charge in [-0.25, -0.2) is 4.39 Å². The summed E-state index contributed by atoms with van der Waals surface area (Å²) in [4.78, 5) is 11.7. The van der Waals surface area contributed by atoms with Gasteiger partial charge in [0.05, 0.1) is 0 Å². The summed E-state index contributed by atoms with van der Waals surface area (Å²) in [5, 5.41) is 6.52. The largest absolute Gasteiger partial charge is 0.399 e. The number of anilines is 2. The minimum absolute atomic E-state index is 0.160. The molecule has 3 N–H and O–H groups in total. The van der Waals surface area contributed by atoms with Crippen molar-refractivity contribution in [2.75, 3.05) is 11.1 Å². The number of carbonyl (C=O) groups is 1. The maximum absolute atomic E-state index is 13.1. The van der Waals surface area contributed by atoms with E-state index in [0.717, 1.165) is 12.1 Å². The highest BCUT2D eigenvalue weighted by molar-refractivity contribution is 6.04. The Morgan fingerprint density at radius 2 is 2.24 bits per heavy atom. The van der Waals surface area contributed by atoms with Crippen LogP contribution in [0.2, 0.25) is 0 Å². The molecule has 0 aliphatic rings. The van der Waals surface area contributed by atoms with E-state index in [4.69, 9.17) is 5.73 Å². The van der Waals surface area contributed by atoms with Gasteiger partial charge in [0.1, 0.15) is 5.82 Å². The molecular weight excluding hydrogens is 223 g/mol. The van der Waals surface area contributed by atoms with E-state index in [1.54, 1.807) is 24.0 Å². The highest BCUT2D eigenvalue weighted by atomic mass is 19.1. The number of carbonyl (C=O) groups excluding carboxylic acids is 1. The number of hydrogen-bond acceptors (Lipinski definition) is 3. The van der Waals surface area contributed by atoms with E-state index >= 15 is 0 Å². The van der Waals surface area contributed by atoms with Gasteiger partial charge in [-0.05, 0) is 18.2 Å². The molecule has 0 saturated carbocycles. The van der Waals surface area contributed by atoms with Crippen LogP contribution < -0.4 is 11.1 Å². The molecule has 1 aromatic carbocycles. The van der Waals surface area contributed by atoms with Gasteiger partial charge in [0.2, 0.25) is 0 Å². The lowest BCUT2D eigenvalue weighted by molar-refractivity contribution is 0.102. The Labute approximate surface area is 97.0 Å². The molecule has 0 unspecified atom stereocenters. The van der Waals surface area contributed by atoms with Crippen molar-refractivity contribution in [1.29, 1.82) is 0 Å². The SMILES string of the molecule is Cn1ccc(NC(=O)c2cc(N)cc(F)c2)n1. The van der Waals surface area contributed by atoms with Crippen molar-refractivity contribution in [3.05, 3.63) is 41.8 Å². The third-order valence-corrected chi connectivity index (χ3v) is 2.14. The monoisotopic (exact) mass is 234 g/mol. The van der Waals surface area contributed by atoms with Crippen LogP contribution in [0.15, 0.2) is 30.5 Å². The predicted octanol–water partition coefficient (Wildman–Crippen LogP) is 1.39. The van der Waals surface area contributed by atoms with Gasteiger partial charge in [-0.2, -0.15) is 5.10 Å². The Hall–Kier alpha value is -2.37. The molecular formula is C11H11FN4O. The first-order valence-corrected chi connectivity index (χ1v) is 4.91. The quantitative estimate of drug-likeness (QED) is 0.771. The number of amides is 1. The van der Waals surface area contributed by atoms with E-state index in [2.05, 4.69) is 10.4 Å². The van der Waals surface area contributed by atoms with E-state index < -0.39 is 11.7 Å². The van der Waals surface area contributed by atoms with Crippen LogP contribution in [0, 0.1) is 5.82 Å². The second-order valence-electron chi connectivity index (χ2n) is 3.60. The number of nitrogens with zero attached hydrogens (tertiary/aromatic N) is 2. The van der Waals surface area contributed by atoms with Crippen LogP contribution in [0.5, 0.6) is 0 Å². The third-order valence-electron chi connectivity index (χ3n) is 2.14. The Bertz CT molecular complexity index is 544. The highest BCUT2D eigenvalue weighted by Gasteiger charge is 2.09. The molecule has 88 valence electrons. The van der Waals surface area contributed by atoms with Gasteiger partial charge in [-0.15, -0.1) is 0 Å². The average Bonchev–Trinajstić information content (AvgIpc) is 2.62. The molecule has 0 atom stereocenters. The lowest BCUT2D eigenvalue weighted by Gasteiger charge is -2.03. The lowest BCUT2D eigenvalue weighted by atomic mass is 10.2. The van der Waals surface area contributed by atoms with Gasteiger partial charge in [-0.3, -0.25) is 9.48 Å². The average molecular weight is 234 g/mol. The van der Waals surface area contributed by atoms with Crippen molar-refractivity contribution in [2.45, 2.75) is 0 Å². The first-order valence-electron chi connectivity index (χ1n) is 4.91. The van der Waals surface area contributed by atoms with Gasteiger partial charge < -0.3 is 11.1 Å². The molecule has 5 nitrogen and oxygen atoms in total. The Balaban J connectivity index is 2.19. The first-order chi connectivity index (χ1) is 8.04. The van der Waals surface area contributed by atoms with Crippen molar-refractivity contribution in [3.8, 4) is 0 Å². The summed E-state index contributed by atoms with van der Waals surface area (Å²) in [5.74, 6) is -0.591. The van der Waals surface area contributed by atoms with Crippen molar-refractivity contribution in [2.24, 2.45) is 7.05 Å². The molecule has 0 fully saturated rings. The van der Waals surface area contributed by atoms with E-state index in [1.807, 2.05) is 0 Å². The van der Waals surface area contributed by atoms with Gasteiger partial charge in [0.25, 0.3) is 5.91 Å². The maximum atomic E-state index is 13.1. The van der Waals surface area contributed by atoms with E-state index in [9.17, 15) is 9.18 Å². The second-order valence-corrected chi connectivity index (χ2v) is 3.60. The van der Waals surface area contributed by atoms with Crippen LogP contribution in [0.25, 0.3) is 0 Å². The van der Waals surface area contributed by atoms with Gasteiger partial charge in [-0.1, -0.05) is 0 Å². The molecule has 1 heterocycles. The smallest absolute Gasteiger partial charge is 0.257 e. The van der Waals surface area contributed by atoms with Gasteiger partial charge >= 0.3 is 0 Å². The number of rotatable bonds is 2. The van der Waals surface area contributed by atoms with Crippen LogP contribution in [0.3, 0.4) is 0 Å². The van der Waals surface area contributed by atoms with Crippen LogP contribution in [-0.4, -0.2) is 15.7 Å². The van der Waals surface area contributed by atoms with E-state index in [0.29, 0.717) is 5.82 Å². The fourth-order valence-electron chi connectivity index (χ4n) is 1.41. The topological polar surface area (TPSA) is 72.9 Å². The van der Waals surface area contributed by atoms with Crippen molar-refractivity contribution in [1.82, 2.24) is 9.78 Å². The van der Waals surface area contributed by atoms with Crippen molar-refractivity contribution in [3.63, 3.8) is 0 Å². The fraction of sp³-hybridized carbons (Fsp3) is 0.0909. The highest BCUT2D eigenvalue weighted by Crippen LogP contribution is 2.12. The number of hydrogen-bond donors (Lipinski definition) is 2. The summed E-state index contributed by atoms with van der Waals surface area (Å²) in [6.45, 7) is 0. The molecule has 0 aliphatic heterocycles. The molecule has 0 spiro atoms. The van der Waals surface area contributed by atoms with Gasteiger partial charge in [0.15, 0.2) is 5.82 Å². The zero-order chi connectivity index (χ0) is 12.4. The Morgan fingerprint density at radius 3 is 2.82 bits per heavy atom. The predicted molar refractivity (Wildman–Crippen MR) is 62.0 cm³/mol. The van der Waals surface area contributed by atoms with Crippen LogP contribution in [-0.2, 0) is 7.05 Å². The molecule has 0 bridgehead atoms. The molecule has 2 rings (SSSR count). The second kappa shape index (κ2) is 4.25. The lowest BCUT2D eigenvalue weighted by Crippen LogP contribution is -2.13. The summed E-state index contributed by atoms with van der Waals surface area (Å²) in [7, 11) is 1.73. The van der Waals surface area contributed by atoms with Gasteiger partial charge in [0, 0.05) is 30.6 Å². The molecule has 0 radical (unpaired) electrons. The van der Waals surface area contributed by atoms with Crippen LogP contribution in [0.1, 0.15) is 10.4 Å². The fourth-order valence-corrected chi connectivity index (χ4v) is 1.41. The minimum atomic E-state index is -0.545. The molecule has 6 heteroatoms. The normalized spacial score (nSPS) is 10.2. The number of benzene rings is 1. The van der Waals surface area contributed by atoms with Crippen LogP contribution in [0.4, 0.5) is 15.9 Å². The summed E-state index contributed by atoms with van der Waals surface area (Å²) >= 11 is 0. The summed E-state index contributed by atoms with van der Waals surface area (Å²) in [5.41, 5.74) is 5.82. The maximum Gasteiger partial charge on any atom is 0.257 e. The summed E-state index contributed by atoms with van der Waals surface area (Å²) < 4.78 is 14.6. The number of aryl methyl sites for hydroxylation is 1. The molecule has 1 aromatic heterocycles. The standard InChI is InChI=1S/C11H11FN4O/c1-16-3-2-10(15-16)14-11(17)7-4-8(12)6-9(13)5-7/h2-6H,13H2,1H3,(H,14,15,17). The van der Waals surface area contributed by atoms with Crippen molar-refractivity contribution >= 4 is 17.4 Å². The third kappa shape index (κ3) is 2.60. The van der Waals surface area contributed by atoms with Crippen molar-refractivity contribution < 1.29 is 9.18 Å². The molecule has 1 amide bonds. The number of nitrogen functional groups attached to an aromatic ring is 1.